The molecule has 0 aromatic rings. The number of nitrogens with one attached hydrogen (secondary N) is 1. The molecule has 188 valence electrons. The third-order valence-electron chi connectivity index (χ3n) is 6.47. The fourth-order valence-electron chi connectivity index (χ4n) is 4.60. The van der Waals surface area contributed by atoms with Gasteiger partial charge in [0.15, 0.2) is 5.96 Å². The van der Waals surface area contributed by atoms with Gasteiger partial charge in [0.1, 0.15) is 5.60 Å². The van der Waals surface area contributed by atoms with Crippen LogP contribution in [0.2, 0.25) is 0 Å². The first-order chi connectivity index (χ1) is 14.6. The summed E-state index contributed by atoms with van der Waals surface area (Å²) in [6.45, 7) is 19.2. The number of hydrogen-bond acceptors (Lipinski definition) is 4. The fourth-order valence-corrected chi connectivity index (χ4v) is 4.60. The van der Waals surface area contributed by atoms with Gasteiger partial charge in [-0.1, -0.05) is 0 Å². The van der Waals surface area contributed by atoms with E-state index in [4.69, 9.17) is 4.74 Å². The maximum absolute atomic E-state index is 12.4. The lowest BCUT2D eigenvalue weighted by molar-refractivity contribution is 0.0214. The minimum absolute atomic E-state index is 0. The number of nitrogens with zero attached hydrogens (tertiary/aromatic N) is 4. The van der Waals surface area contributed by atoms with E-state index in [0.29, 0.717) is 24.4 Å². The molecule has 1 N–H and O–H groups in total. The lowest BCUT2D eigenvalue weighted by Crippen LogP contribution is -2.50. The van der Waals surface area contributed by atoms with Gasteiger partial charge >= 0.3 is 6.09 Å². The first-order valence-corrected chi connectivity index (χ1v) is 12.3. The molecule has 1 atom stereocenters. The van der Waals surface area contributed by atoms with Gasteiger partial charge < -0.3 is 24.8 Å². The van der Waals surface area contributed by atoms with Crippen molar-refractivity contribution in [2.45, 2.75) is 78.9 Å². The van der Waals surface area contributed by atoms with E-state index < -0.39 is 5.60 Å². The number of carbonyl (C=O) groups excluding carboxylic acids is 1. The monoisotopic (exact) mass is 565 g/mol. The van der Waals surface area contributed by atoms with Crippen LogP contribution < -0.4 is 5.32 Å². The molecule has 0 bridgehead atoms. The Morgan fingerprint density at radius 2 is 1.81 bits per heavy atom. The molecule has 8 heteroatoms. The highest BCUT2D eigenvalue weighted by molar-refractivity contribution is 14.0. The van der Waals surface area contributed by atoms with E-state index in [1.807, 2.05) is 39.6 Å². The molecule has 0 saturated carbocycles. The van der Waals surface area contributed by atoms with Gasteiger partial charge in [0.05, 0.1) is 0 Å². The van der Waals surface area contributed by atoms with E-state index in [1.54, 1.807) is 0 Å². The van der Waals surface area contributed by atoms with Gasteiger partial charge in [0.2, 0.25) is 0 Å². The highest BCUT2D eigenvalue weighted by Crippen LogP contribution is 2.21. The van der Waals surface area contributed by atoms with E-state index >= 15 is 0 Å². The first-order valence-electron chi connectivity index (χ1n) is 12.3. The zero-order valence-corrected chi connectivity index (χ0v) is 23.9. The SMILES string of the molecule is CCN(CC1CCN(C(=NC)NCC2CCCN(C(C)C)C2)CC1)C(=O)OC(C)(C)C.I. The smallest absolute Gasteiger partial charge is 0.410 e. The summed E-state index contributed by atoms with van der Waals surface area (Å²) < 4.78 is 5.56. The van der Waals surface area contributed by atoms with Crippen molar-refractivity contribution in [3.8, 4) is 0 Å². The number of rotatable bonds is 6. The summed E-state index contributed by atoms with van der Waals surface area (Å²) in [7, 11) is 1.89. The van der Waals surface area contributed by atoms with Crippen molar-refractivity contribution in [1.82, 2.24) is 20.0 Å². The standard InChI is InChI=1S/C24H47N5O2.HI/c1-8-27(23(30)31-24(4,5)6)17-20-11-14-28(15-12-20)22(25-7)26-16-21-10-9-13-29(18-21)19(2)3;/h19-21H,8-18H2,1-7H3,(H,25,26);1H. The van der Waals surface area contributed by atoms with Crippen molar-refractivity contribution in [3.63, 3.8) is 0 Å². The number of halogens is 1. The summed E-state index contributed by atoms with van der Waals surface area (Å²) in [5, 5.41) is 3.64. The molecular formula is C24H48IN5O2. The third kappa shape index (κ3) is 9.61. The molecule has 2 fully saturated rings. The Morgan fingerprint density at radius 3 is 2.34 bits per heavy atom. The van der Waals surface area contributed by atoms with Gasteiger partial charge in [-0.3, -0.25) is 4.99 Å². The normalized spacial score (nSPS) is 21.3. The molecule has 1 unspecified atom stereocenters. The van der Waals surface area contributed by atoms with Crippen LogP contribution in [0.3, 0.4) is 0 Å². The van der Waals surface area contributed by atoms with Crippen LogP contribution in [0, 0.1) is 11.8 Å². The summed E-state index contributed by atoms with van der Waals surface area (Å²) in [5.74, 6) is 2.23. The van der Waals surface area contributed by atoms with Crippen LogP contribution in [0.15, 0.2) is 4.99 Å². The highest BCUT2D eigenvalue weighted by atomic mass is 127. The molecule has 0 spiro atoms. The van der Waals surface area contributed by atoms with E-state index in [1.165, 1.54) is 25.9 Å². The molecule has 0 aromatic carbocycles. The number of likely N-dealkylation sites (tertiary alicyclic amines) is 2. The zero-order valence-electron chi connectivity index (χ0n) is 21.5. The zero-order chi connectivity index (χ0) is 23.0. The molecule has 2 rings (SSSR count). The lowest BCUT2D eigenvalue weighted by atomic mass is 9.96. The van der Waals surface area contributed by atoms with Crippen molar-refractivity contribution in [3.05, 3.63) is 0 Å². The van der Waals surface area contributed by atoms with Crippen molar-refractivity contribution in [2.24, 2.45) is 16.8 Å². The highest BCUT2D eigenvalue weighted by Gasteiger charge is 2.28. The Kier molecular flexibility index (Phi) is 12.6. The minimum atomic E-state index is -0.448. The van der Waals surface area contributed by atoms with Crippen LogP contribution in [0.5, 0.6) is 0 Å². The van der Waals surface area contributed by atoms with Gasteiger partial charge in [0.25, 0.3) is 0 Å². The second-order valence-electron chi connectivity index (χ2n) is 10.5. The number of ether oxygens (including phenoxy) is 1. The molecule has 32 heavy (non-hydrogen) atoms. The molecule has 0 aliphatic carbocycles. The number of piperidine rings is 2. The molecule has 2 aliphatic heterocycles. The summed E-state index contributed by atoms with van der Waals surface area (Å²) in [5.41, 5.74) is -0.448. The third-order valence-corrected chi connectivity index (χ3v) is 6.47. The predicted octanol–water partition coefficient (Wildman–Crippen LogP) is 4.27. The molecule has 0 aromatic heterocycles. The van der Waals surface area contributed by atoms with E-state index in [-0.39, 0.29) is 30.1 Å². The Labute approximate surface area is 213 Å². The largest absolute Gasteiger partial charge is 0.444 e. The van der Waals surface area contributed by atoms with Gasteiger partial charge in [-0.15, -0.1) is 24.0 Å². The second-order valence-corrected chi connectivity index (χ2v) is 10.5. The van der Waals surface area contributed by atoms with Gasteiger partial charge in [-0.25, -0.2) is 4.79 Å². The fraction of sp³-hybridized carbons (Fsp3) is 0.917. The quantitative estimate of drug-likeness (QED) is 0.296. The van der Waals surface area contributed by atoms with E-state index in [2.05, 4.69) is 34.0 Å². The molecule has 2 saturated heterocycles. The number of carbonyl (C=O) groups is 1. The topological polar surface area (TPSA) is 60.4 Å². The first kappa shape index (κ1) is 29.3. The molecule has 2 heterocycles. The Balaban J connectivity index is 0.00000512. The molecular weight excluding hydrogens is 517 g/mol. The predicted molar refractivity (Wildman–Crippen MR) is 144 cm³/mol. The Morgan fingerprint density at radius 1 is 1.16 bits per heavy atom. The molecule has 2 aliphatic rings. The van der Waals surface area contributed by atoms with Crippen molar-refractivity contribution in [1.29, 1.82) is 0 Å². The van der Waals surface area contributed by atoms with Crippen molar-refractivity contribution in [2.75, 3.05) is 52.9 Å². The summed E-state index contributed by atoms with van der Waals surface area (Å²) in [4.78, 5) is 23.8. The van der Waals surface area contributed by atoms with Crippen LogP contribution in [-0.2, 0) is 4.74 Å². The van der Waals surface area contributed by atoms with Crippen molar-refractivity contribution < 1.29 is 9.53 Å². The Bertz CT molecular complexity index is 585. The summed E-state index contributed by atoms with van der Waals surface area (Å²) >= 11 is 0. The van der Waals surface area contributed by atoms with Crippen LogP contribution in [-0.4, -0.2) is 91.3 Å². The number of aliphatic imine (C=N–C) groups is 1. The Hall–Kier alpha value is -0.770. The average molecular weight is 566 g/mol. The maximum atomic E-state index is 12.4. The van der Waals surface area contributed by atoms with Crippen LogP contribution in [0.25, 0.3) is 0 Å². The van der Waals surface area contributed by atoms with Crippen LogP contribution in [0.1, 0.15) is 67.2 Å². The molecule has 1 amide bonds. The lowest BCUT2D eigenvalue weighted by Gasteiger charge is -2.38. The van der Waals surface area contributed by atoms with E-state index in [0.717, 1.165) is 45.0 Å². The van der Waals surface area contributed by atoms with Crippen molar-refractivity contribution >= 4 is 36.0 Å². The average Bonchev–Trinajstić information content (AvgIpc) is 2.72. The number of guanidine groups is 1. The summed E-state index contributed by atoms with van der Waals surface area (Å²) in [6.07, 6.45) is 4.54. The summed E-state index contributed by atoms with van der Waals surface area (Å²) in [6, 6.07) is 0.629. The minimum Gasteiger partial charge on any atom is -0.444 e. The number of amides is 1. The number of hydrogen-bond donors (Lipinski definition) is 1. The van der Waals surface area contributed by atoms with Crippen LogP contribution >= 0.6 is 24.0 Å². The van der Waals surface area contributed by atoms with Gasteiger partial charge in [0, 0.05) is 52.4 Å². The molecule has 0 radical (unpaired) electrons. The molecule has 7 nitrogen and oxygen atoms in total. The maximum Gasteiger partial charge on any atom is 0.410 e. The van der Waals surface area contributed by atoms with Gasteiger partial charge in [-0.2, -0.15) is 0 Å². The van der Waals surface area contributed by atoms with E-state index in [9.17, 15) is 4.79 Å². The van der Waals surface area contributed by atoms with Crippen LogP contribution in [0.4, 0.5) is 4.79 Å². The van der Waals surface area contributed by atoms with Gasteiger partial charge in [-0.05, 0) is 85.6 Å². The second kappa shape index (κ2) is 13.8.